The zero-order chi connectivity index (χ0) is 27.7. The van der Waals surface area contributed by atoms with Crippen LogP contribution >= 0.6 is 15.9 Å². The van der Waals surface area contributed by atoms with Crippen LogP contribution in [-0.2, 0) is 28.0 Å². The molecule has 0 saturated heterocycles. The minimum Gasteiger partial charge on any atom is -0.483 e. The normalized spacial score (nSPS) is 12.1. The van der Waals surface area contributed by atoms with Gasteiger partial charge in [0.15, 0.2) is 6.61 Å². The number of carbonyl (C=O) groups is 2. The fourth-order valence-corrected chi connectivity index (χ4v) is 4.61. The second-order valence-corrected chi connectivity index (χ2v) is 11.5. The molecule has 0 radical (unpaired) electrons. The molecule has 38 heavy (non-hydrogen) atoms. The van der Waals surface area contributed by atoms with Crippen LogP contribution in [0.15, 0.2) is 77.3 Å². The van der Waals surface area contributed by atoms with E-state index in [0.29, 0.717) is 25.3 Å². The van der Waals surface area contributed by atoms with Gasteiger partial charge in [-0.15, -0.1) is 0 Å². The van der Waals surface area contributed by atoms with Gasteiger partial charge in [0.25, 0.3) is 5.91 Å². The molecule has 0 aromatic heterocycles. The molecule has 1 N–H and O–H groups in total. The summed E-state index contributed by atoms with van der Waals surface area (Å²) in [5, 5.41) is 3.01. The standard InChI is InChI=1S/C32H39BrN2O3/c1-6-18-34-31(37)28(19-24-10-8-7-9-11-24)35(21-25-14-12-23(2)13-15-25)30(36)22-38-29-17-16-26(20-27(29)33)32(3,4)5/h7-17,20,28H,6,18-19,21-22H2,1-5H3,(H,34,37)/t28-/m0/s1. The van der Waals surface area contributed by atoms with Crippen LogP contribution in [-0.4, -0.2) is 35.9 Å². The summed E-state index contributed by atoms with van der Waals surface area (Å²) >= 11 is 3.60. The summed E-state index contributed by atoms with van der Waals surface area (Å²) in [6.07, 6.45) is 1.23. The highest BCUT2D eigenvalue weighted by Gasteiger charge is 2.30. The number of nitrogens with zero attached hydrogens (tertiary/aromatic N) is 1. The number of nitrogens with one attached hydrogen (secondary N) is 1. The predicted molar refractivity (Wildman–Crippen MR) is 157 cm³/mol. The average molecular weight is 580 g/mol. The first-order valence-corrected chi connectivity index (χ1v) is 14.0. The fraction of sp³-hybridized carbons (Fsp3) is 0.375. The number of ether oxygens (including phenoxy) is 1. The van der Waals surface area contributed by atoms with E-state index in [1.54, 1.807) is 4.90 Å². The van der Waals surface area contributed by atoms with Crippen molar-refractivity contribution in [1.82, 2.24) is 10.2 Å². The Hall–Kier alpha value is -3.12. The molecule has 0 aliphatic heterocycles. The Balaban J connectivity index is 1.89. The molecule has 0 fully saturated rings. The molecule has 3 aromatic rings. The molecule has 5 nitrogen and oxygen atoms in total. The molecule has 2 amide bonds. The van der Waals surface area contributed by atoms with Crippen molar-refractivity contribution in [2.24, 2.45) is 0 Å². The zero-order valence-electron chi connectivity index (χ0n) is 23.1. The molecule has 3 aromatic carbocycles. The van der Waals surface area contributed by atoms with Crippen molar-refractivity contribution in [3.05, 3.63) is 99.5 Å². The van der Waals surface area contributed by atoms with Gasteiger partial charge < -0.3 is 15.0 Å². The lowest BCUT2D eigenvalue weighted by molar-refractivity contribution is -0.142. The first-order valence-electron chi connectivity index (χ1n) is 13.2. The van der Waals surface area contributed by atoms with Crippen LogP contribution in [0.5, 0.6) is 5.75 Å². The molecule has 6 heteroatoms. The number of amides is 2. The molecule has 0 bridgehead atoms. The van der Waals surface area contributed by atoms with E-state index in [0.717, 1.165) is 27.6 Å². The van der Waals surface area contributed by atoms with Crippen LogP contribution in [0.3, 0.4) is 0 Å². The number of hydrogen-bond donors (Lipinski definition) is 1. The van der Waals surface area contributed by atoms with Gasteiger partial charge in [0.1, 0.15) is 11.8 Å². The Morgan fingerprint density at radius 1 is 0.974 bits per heavy atom. The summed E-state index contributed by atoms with van der Waals surface area (Å²) in [5.41, 5.74) is 4.26. The minimum absolute atomic E-state index is 0.00177. The lowest BCUT2D eigenvalue weighted by atomic mass is 9.87. The molecular weight excluding hydrogens is 540 g/mol. The van der Waals surface area contributed by atoms with Gasteiger partial charge >= 0.3 is 0 Å². The monoisotopic (exact) mass is 578 g/mol. The van der Waals surface area contributed by atoms with Crippen LogP contribution in [0.25, 0.3) is 0 Å². The quantitative estimate of drug-likeness (QED) is 0.279. The number of carbonyl (C=O) groups excluding carboxylic acids is 2. The number of benzene rings is 3. The van der Waals surface area contributed by atoms with E-state index >= 15 is 0 Å². The van der Waals surface area contributed by atoms with Crippen LogP contribution in [0, 0.1) is 6.92 Å². The Morgan fingerprint density at radius 3 is 2.26 bits per heavy atom. The molecule has 0 aliphatic carbocycles. The third-order valence-corrected chi connectivity index (χ3v) is 7.06. The van der Waals surface area contributed by atoms with Crippen LogP contribution in [0.2, 0.25) is 0 Å². The summed E-state index contributed by atoms with van der Waals surface area (Å²) < 4.78 is 6.79. The molecule has 1 atom stereocenters. The van der Waals surface area contributed by atoms with Crippen molar-refractivity contribution in [2.45, 2.75) is 65.5 Å². The van der Waals surface area contributed by atoms with Gasteiger partial charge in [-0.3, -0.25) is 9.59 Å². The lowest BCUT2D eigenvalue weighted by Crippen LogP contribution is -2.51. The highest BCUT2D eigenvalue weighted by atomic mass is 79.9. The fourth-order valence-electron chi connectivity index (χ4n) is 4.12. The summed E-state index contributed by atoms with van der Waals surface area (Å²) in [7, 11) is 0. The van der Waals surface area contributed by atoms with E-state index < -0.39 is 6.04 Å². The van der Waals surface area contributed by atoms with Gasteiger partial charge in [0, 0.05) is 19.5 Å². The van der Waals surface area contributed by atoms with E-state index in [1.807, 2.05) is 86.6 Å². The lowest BCUT2D eigenvalue weighted by Gasteiger charge is -2.31. The number of halogens is 1. The van der Waals surface area contributed by atoms with Gasteiger partial charge in [-0.05, 0) is 63.5 Å². The first kappa shape index (κ1) is 29.4. The average Bonchev–Trinajstić information content (AvgIpc) is 2.89. The Morgan fingerprint density at radius 2 is 1.66 bits per heavy atom. The number of aryl methyl sites for hydroxylation is 1. The van der Waals surface area contributed by atoms with Crippen LogP contribution in [0.4, 0.5) is 0 Å². The largest absolute Gasteiger partial charge is 0.483 e. The SMILES string of the molecule is CCCNC(=O)[C@H](Cc1ccccc1)N(Cc1ccc(C)cc1)C(=O)COc1ccc(C(C)(C)C)cc1Br. The van der Waals surface area contributed by atoms with Crippen molar-refractivity contribution in [3.63, 3.8) is 0 Å². The van der Waals surface area contributed by atoms with Gasteiger partial charge in [-0.25, -0.2) is 0 Å². The minimum atomic E-state index is -0.673. The van der Waals surface area contributed by atoms with Gasteiger partial charge in [0.05, 0.1) is 4.47 Å². The highest BCUT2D eigenvalue weighted by Crippen LogP contribution is 2.31. The van der Waals surface area contributed by atoms with E-state index in [-0.39, 0.29) is 23.8 Å². The van der Waals surface area contributed by atoms with E-state index in [2.05, 4.69) is 42.0 Å². The van der Waals surface area contributed by atoms with Crippen molar-refractivity contribution in [3.8, 4) is 5.75 Å². The molecule has 0 aliphatic rings. The van der Waals surface area contributed by atoms with E-state index in [1.165, 1.54) is 5.56 Å². The van der Waals surface area contributed by atoms with Crippen molar-refractivity contribution in [1.29, 1.82) is 0 Å². The van der Waals surface area contributed by atoms with Gasteiger partial charge in [-0.1, -0.05) is 93.9 Å². The molecule has 0 heterocycles. The predicted octanol–water partition coefficient (Wildman–Crippen LogP) is 6.60. The summed E-state index contributed by atoms with van der Waals surface area (Å²) in [4.78, 5) is 28.8. The zero-order valence-corrected chi connectivity index (χ0v) is 24.7. The maximum Gasteiger partial charge on any atom is 0.261 e. The van der Waals surface area contributed by atoms with Gasteiger partial charge in [0.2, 0.25) is 5.91 Å². The Kier molecular flexibility index (Phi) is 10.5. The second kappa shape index (κ2) is 13.6. The van der Waals surface area contributed by atoms with Crippen molar-refractivity contribution in [2.75, 3.05) is 13.2 Å². The second-order valence-electron chi connectivity index (χ2n) is 10.7. The smallest absolute Gasteiger partial charge is 0.261 e. The van der Waals surface area contributed by atoms with E-state index in [9.17, 15) is 9.59 Å². The van der Waals surface area contributed by atoms with Crippen molar-refractivity contribution >= 4 is 27.7 Å². The number of hydrogen-bond acceptors (Lipinski definition) is 3. The topological polar surface area (TPSA) is 58.6 Å². The van der Waals surface area contributed by atoms with E-state index in [4.69, 9.17) is 4.74 Å². The Labute approximate surface area is 235 Å². The summed E-state index contributed by atoms with van der Waals surface area (Å²) in [6, 6.07) is 23.1. The molecule has 0 saturated carbocycles. The molecule has 0 spiro atoms. The van der Waals surface area contributed by atoms with Crippen molar-refractivity contribution < 1.29 is 14.3 Å². The summed E-state index contributed by atoms with van der Waals surface area (Å²) in [6.45, 7) is 11.2. The number of rotatable bonds is 11. The van der Waals surface area contributed by atoms with Gasteiger partial charge in [-0.2, -0.15) is 0 Å². The molecular formula is C32H39BrN2O3. The van der Waals surface area contributed by atoms with Crippen LogP contribution in [0.1, 0.15) is 56.4 Å². The molecule has 3 rings (SSSR count). The van der Waals surface area contributed by atoms with Crippen LogP contribution < -0.4 is 10.1 Å². The third-order valence-electron chi connectivity index (χ3n) is 6.44. The molecule has 0 unspecified atom stereocenters. The maximum absolute atomic E-state index is 13.7. The molecule has 202 valence electrons. The first-order chi connectivity index (χ1) is 18.1. The Bertz CT molecular complexity index is 1200. The third kappa shape index (κ3) is 8.45. The summed E-state index contributed by atoms with van der Waals surface area (Å²) in [5.74, 6) is 0.188. The maximum atomic E-state index is 13.7. The highest BCUT2D eigenvalue weighted by molar-refractivity contribution is 9.10.